The SMILES string of the molecule is [2H]C([2H])([2H])c1c[c-]c(-c2ccc(C([2H])([2H])[2H])cn2)cc1.[2H]C([2H])(c1ccnc(-c2[c-]ccc3c2oc2c4ccccc4ccc32)c1)C(C)C.[Ir]. The van der Waals surface area contributed by atoms with Crippen molar-refractivity contribution in [3.8, 4) is 22.5 Å². The van der Waals surface area contributed by atoms with Crippen molar-refractivity contribution in [1.29, 1.82) is 0 Å². The molecule has 0 saturated carbocycles. The van der Waals surface area contributed by atoms with Crippen molar-refractivity contribution in [3.63, 3.8) is 0 Å². The number of rotatable bonds is 4. The normalized spacial score (nSPS) is 14.7. The van der Waals surface area contributed by atoms with Crippen molar-refractivity contribution >= 4 is 32.7 Å². The molecule has 0 aliphatic heterocycles. The molecule has 0 bridgehead atoms. The van der Waals surface area contributed by atoms with E-state index in [9.17, 15) is 0 Å². The molecule has 0 spiro atoms. The first kappa shape index (κ1) is 20.7. The molecule has 0 amide bonds. The number of furan rings is 1. The van der Waals surface area contributed by atoms with E-state index in [4.69, 9.17) is 15.4 Å². The molecule has 0 saturated heterocycles. The minimum atomic E-state index is -2.18. The first-order chi connectivity index (χ1) is 23.1. The topological polar surface area (TPSA) is 38.9 Å². The maximum Gasteiger partial charge on any atom is 0.128 e. The molecule has 0 atom stereocenters. The fourth-order valence-electron chi connectivity index (χ4n) is 4.79. The van der Waals surface area contributed by atoms with E-state index in [0.717, 1.165) is 38.3 Å². The number of hydrogen-bond donors (Lipinski definition) is 0. The Labute approximate surface area is 272 Å². The molecule has 0 fully saturated rings. The molecule has 4 aromatic carbocycles. The Balaban J connectivity index is 0.000000204. The van der Waals surface area contributed by atoms with Gasteiger partial charge < -0.3 is 14.4 Å². The van der Waals surface area contributed by atoms with Gasteiger partial charge in [-0.15, -0.1) is 53.6 Å². The van der Waals surface area contributed by atoms with E-state index in [1.54, 1.807) is 24.4 Å². The van der Waals surface area contributed by atoms with Gasteiger partial charge in [-0.1, -0.05) is 91.8 Å². The van der Waals surface area contributed by atoms with Crippen molar-refractivity contribution in [2.45, 2.75) is 33.9 Å². The van der Waals surface area contributed by atoms with E-state index < -0.39 is 20.1 Å². The summed E-state index contributed by atoms with van der Waals surface area (Å²) >= 11 is 0. The fourth-order valence-corrected chi connectivity index (χ4v) is 4.79. The molecule has 0 aliphatic rings. The molecule has 0 unspecified atom stereocenters. The quantitative estimate of drug-likeness (QED) is 0.169. The average Bonchev–Trinajstić information content (AvgIpc) is 3.47. The van der Waals surface area contributed by atoms with Crippen LogP contribution in [-0.4, -0.2) is 9.97 Å². The van der Waals surface area contributed by atoms with Gasteiger partial charge in [0.1, 0.15) is 5.58 Å². The third-order valence-corrected chi connectivity index (χ3v) is 6.65. The Morgan fingerprint density at radius 3 is 2.40 bits per heavy atom. The van der Waals surface area contributed by atoms with Gasteiger partial charge in [0.15, 0.2) is 0 Å². The van der Waals surface area contributed by atoms with Crippen LogP contribution in [0.5, 0.6) is 0 Å². The van der Waals surface area contributed by atoms with Crippen LogP contribution in [0.25, 0.3) is 55.2 Å². The molecule has 7 aromatic rings. The molecule has 3 nitrogen and oxygen atoms in total. The van der Waals surface area contributed by atoms with E-state index in [1.807, 2.05) is 44.2 Å². The molecule has 3 heterocycles. The van der Waals surface area contributed by atoms with E-state index in [0.29, 0.717) is 22.5 Å². The summed E-state index contributed by atoms with van der Waals surface area (Å²) in [4.78, 5) is 8.58. The van der Waals surface area contributed by atoms with Crippen LogP contribution in [0.4, 0.5) is 0 Å². The third kappa shape index (κ3) is 6.21. The van der Waals surface area contributed by atoms with Gasteiger partial charge in [0.25, 0.3) is 0 Å². The largest absolute Gasteiger partial charge is 0.500 e. The van der Waals surface area contributed by atoms with Crippen molar-refractivity contribution in [2.75, 3.05) is 0 Å². The molecule has 3 aromatic heterocycles. The Kier molecular flexibility index (Phi) is 6.32. The summed E-state index contributed by atoms with van der Waals surface area (Å²) in [5, 5.41) is 4.28. The van der Waals surface area contributed by atoms with Gasteiger partial charge in [0.2, 0.25) is 0 Å². The smallest absolute Gasteiger partial charge is 0.128 e. The van der Waals surface area contributed by atoms with Crippen LogP contribution in [0.1, 0.15) is 41.5 Å². The zero-order valence-electron chi connectivity index (χ0n) is 31.0. The van der Waals surface area contributed by atoms with E-state index in [1.165, 1.54) is 24.4 Å². The van der Waals surface area contributed by atoms with Crippen molar-refractivity contribution in [1.82, 2.24) is 9.97 Å². The molecule has 42 heavy (non-hydrogen) atoms. The van der Waals surface area contributed by atoms with Gasteiger partial charge >= 0.3 is 0 Å². The first-order valence-corrected chi connectivity index (χ1v) is 13.4. The van der Waals surface area contributed by atoms with Crippen LogP contribution in [0.3, 0.4) is 0 Å². The van der Waals surface area contributed by atoms with Crippen molar-refractivity contribution in [3.05, 3.63) is 132 Å². The second-order valence-electron chi connectivity index (χ2n) is 10.0. The minimum absolute atomic E-state index is 0. The summed E-state index contributed by atoms with van der Waals surface area (Å²) in [6, 6.07) is 33.5. The Hall–Kier alpha value is -4.11. The standard InChI is InChI=1S/C25H20NO.C13H12N.Ir/c1-16(2)14-17-12-13-26-23(15-17)22-9-5-8-20-21-11-10-18-6-3-4-7-19(18)24(21)27-25(20)22;1-10-3-6-12(7-4-10)13-8-5-11(2)9-14-13;/h3-8,10-13,15-16H,14H2,1-2H3;3-6,8-9H,1-2H3;/q2*-1;/i14D2;1D3,2D3;. The molecule has 211 valence electrons. The monoisotopic (exact) mass is 733 g/mol. The van der Waals surface area contributed by atoms with Crippen LogP contribution >= 0.6 is 0 Å². The van der Waals surface area contributed by atoms with Crippen LogP contribution in [0, 0.1) is 31.8 Å². The van der Waals surface area contributed by atoms with E-state index in [-0.39, 0.29) is 37.2 Å². The summed E-state index contributed by atoms with van der Waals surface area (Å²) in [6.45, 7) is -0.567. The summed E-state index contributed by atoms with van der Waals surface area (Å²) < 4.78 is 66.9. The van der Waals surface area contributed by atoms with Gasteiger partial charge in [0, 0.05) is 54.2 Å². The maximum atomic E-state index is 8.43. The van der Waals surface area contributed by atoms with Gasteiger partial charge in [-0.2, -0.15) is 0 Å². The number of nitrogens with zero attached hydrogens (tertiary/aromatic N) is 2. The number of aryl methyl sites for hydroxylation is 2. The number of pyridine rings is 2. The van der Waals surface area contributed by atoms with Gasteiger partial charge in [-0.25, -0.2) is 0 Å². The summed E-state index contributed by atoms with van der Waals surface area (Å²) in [6.07, 6.45) is 1.53. The van der Waals surface area contributed by atoms with Crippen molar-refractivity contribution in [2.24, 2.45) is 5.92 Å². The molecule has 1 radical (unpaired) electrons. The van der Waals surface area contributed by atoms with Gasteiger partial charge in [-0.3, -0.25) is 0 Å². The van der Waals surface area contributed by atoms with E-state index in [2.05, 4.69) is 46.4 Å². The van der Waals surface area contributed by atoms with Crippen LogP contribution < -0.4 is 0 Å². The number of fused-ring (bicyclic) bond motifs is 5. The predicted octanol–water partition coefficient (Wildman–Crippen LogP) is 9.96. The fraction of sp³-hybridized carbons (Fsp3) is 0.158. The summed E-state index contributed by atoms with van der Waals surface area (Å²) in [5.74, 6) is -0.143. The molecular weight excluding hydrogens is 693 g/mol. The maximum absolute atomic E-state index is 8.43. The zero-order valence-corrected chi connectivity index (χ0v) is 25.4. The second kappa shape index (κ2) is 12.8. The number of hydrogen-bond acceptors (Lipinski definition) is 3. The molecule has 0 aliphatic carbocycles. The van der Waals surface area contributed by atoms with Crippen molar-refractivity contribution < 1.29 is 35.5 Å². The van der Waals surface area contributed by atoms with Gasteiger partial charge in [-0.05, 0) is 47.5 Å². The molecular formula is C38H32IrN2O-2. The Morgan fingerprint density at radius 2 is 1.64 bits per heavy atom. The first-order valence-electron chi connectivity index (χ1n) is 17.4. The van der Waals surface area contributed by atoms with E-state index >= 15 is 0 Å². The van der Waals surface area contributed by atoms with Crippen LogP contribution in [0.15, 0.2) is 108 Å². The number of benzene rings is 4. The zero-order chi connectivity index (χ0) is 35.1. The molecule has 4 heteroatoms. The van der Waals surface area contributed by atoms with Crippen LogP contribution in [-0.2, 0) is 26.5 Å². The Morgan fingerprint density at radius 1 is 0.810 bits per heavy atom. The average molecular weight is 733 g/mol. The summed E-state index contributed by atoms with van der Waals surface area (Å²) in [5.41, 5.74) is 5.17. The molecule has 0 N–H and O–H groups in total. The molecule has 7 rings (SSSR count). The summed E-state index contributed by atoms with van der Waals surface area (Å²) in [7, 11) is 0. The third-order valence-electron chi connectivity index (χ3n) is 6.65. The predicted molar refractivity (Wildman–Crippen MR) is 170 cm³/mol. The number of aromatic nitrogens is 2. The second-order valence-corrected chi connectivity index (χ2v) is 10.0. The van der Waals surface area contributed by atoms with Crippen LogP contribution in [0.2, 0.25) is 0 Å². The Bertz CT molecular complexity index is 2200. The minimum Gasteiger partial charge on any atom is -0.500 e. The van der Waals surface area contributed by atoms with Gasteiger partial charge in [0.05, 0.1) is 5.58 Å².